The standard InChI is InChI=1S/C9H12.C6H12O2/c1-7-5-4-6-8(2)9(7)3;1-3-4-5-8-6(2)7/h4-6H,1-3H3;3-5H2,1-2H3. The maximum Gasteiger partial charge on any atom is 0.302 e. The van der Waals surface area contributed by atoms with E-state index in [2.05, 4.69) is 50.6 Å². The highest BCUT2D eigenvalue weighted by Gasteiger charge is 1.91. The average Bonchev–Trinajstić information content (AvgIpc) is 2.27. The van der Waals surface area contributed by atoms with Crippen LogP contribution in [0.4, 0.5) is 0 Å². The maximum absolute atomic E-state index is 10.1. The first-order valence-corrected chi connectivity index (χ1v) is 6.15. The molecule has 0 radical (unpaired) electrons. The van der Waals surface area contributed by atoms with Crippen molar-refractivity contribution >= 4 is 5.97 Å². The molecule has 1 aromatic rings. The Morgan fingerprint density at radius 2 is 1.71 bits per heavy atom. The van der Waals surface area contributed by atoms with E-state index in [0.717, 1.165) is 12.8 Å². The van der Waals surface area contributed by atoms with E-state index in [0.29, 0.717) is 6.61 Å². The van der Waals surface area contributed by atoms with E-state index in [1.807, 2.05) is 0 Å². The van der Waals surface area contributed by atoms with Gasteiger partial charge >= 0.3 is 5.97 Å². The third-order valence-corrected chi connectivity index (χ3v) is 2.68. The minimum absolute atomic E-state index is 0.182. The molecule has 0 bridgehead atoms. The van der Waals surface area contributed by atoms with E-state index >= 15 is 0 Å². The highest BCUT2D eigenvalue weighted by Crippen LogP contribution is 2.09. The summed E-state index contributed by atoms with van der Waals surface area (Å²) in [5.74, 6) is -0.182. The van der Waals surface area contributed by atoms with Crippen molar-refractivity contribution in [2.75, 3.05) is 6.61 Å². The minimum Gasteiger partial charge on any atom is -0.466 e. The molecule has 0 N–H and O–H groups in total. The van der Waals surface area contributed by atoms with Crippen LogP contribution < -0.4 is 0 Å². The lowest BCUT2D eigenvalue weighted by atomic mass is 10.1. The van der Waals surface area contributed by atoms with Crippen molar-refractivity contribution in [1.29, 1.82) is 0 Å². The van der Waals surface area contributed by atoms with Gasteiger partial charge in [-0.05, 0) is 43.9 Å². The summed E-state index contributed by atoms with van der Waals surface area (Å²) in [7, 11) is 0. The molecule has 0 amide bonds. The predicted molar refractivity (Wildman–Crippen MR) is 72.2 cm³/mol. The fourth-order valence-corrected chi connectivity index (χ4v) is 1.26. The second-order valence-electron chi connectivity index (χ2n) is 4.21. The molecule has 0 saturated heterocycles. The number of hydrogen-bond donors (Lipinski definition) is 0. The molecule has 0 aliphatic carbocycles. The van der Waals surface area contributed by atoms with E-state index in [9.17, 15) is 4.79 Å². The molecule has 0 fully saturated rings. The summed E-state index contributed by atoms with van der Waals surface area (Å²) >= 11 is 0. The molecule has 0 aliphatic rings. The van der Waals surface area contributed by atoms with Gasteiger partial charge in [0, 0.05) is 6.92 Å². The number of carbonyl (C=O) groups is 1. The van der Waals surface area contributed by atoms with Gasteiger partial charge in [0.2, 0.25) is 0 Å². The van der Waals surface area contributed by atoms with Crippen LogP contribution in [0, 0.1) is 20.8 Å². The molecular formula is C15H24O2. The van der Waals surface area contributed by atoms with Crippen molar-refractivity contribution in [2.24, 2.45) is 0 Å². The van der Waals surface area contributed by atoms with Crippen molar-refractivity contribution in [3.8, 4) is 0 Å². The van der Waals surface area contributed by atoms with Crippen molar-refractivity contribution < 1.29 is 9.53 Å². The summed E-state index contributed by atoms with van der Waals surface area (Å²) in [6.07, 6.45) is 2.05. The first kappa shape index (κ1) is 15.7. The van der Waals surface area contributed by atoms with Gasteiger partial charge in [0.05, 0.1) is 6.61 Å². The molecule has 1 rings (SSSR count). The van der Waals surface area contributed by atoms with Crippen LogP contribution >= 0.6 is 0 Å². The molecule has 96 valence electrons. The van der Waals surface area contributed by atoms with E-state index in [-0.39, 0.29) is 5.97 Å². The van der Waals surface area contributed by atoms with Crippen molar-refractivity contribution in [3.05, 3.63) is 34.9 Å². The topological polar surface area (TPSA) is 26.3 Å². The summed E-state index contributed by atoms with van der Waals surface area (Å²) in [5.41, 5.74) is 4.18. The number of esters is 1. The van der Waals surface area contributed by atoms with Gasteiger partial charge < -0.3 is 4.74 Å². The number of ether oxygens (including phenoxy) is 1. The fourth-order valence-electron chi connectivity index (χ4n) is 1.26. The molecule has 1 aromatic carbocycles. The lowest BCUT2D eigenvalue weighted by Crippen LogP contribution is -1.99. The molecule has 0 heterocycles. The lowest BCUT2D eigenvalue weighted by Gasteiger charge is -2.00. The predicted octanol–water partition coefficient (Wildman–Crippen LogP) is 3.96. The Morgan fingerprint density at radius 1 is 1.18 bits per heavy atom. The molecular weight excluding hydrogens is 212 g/mol. The summed E-state index contributed by atoms with van der Waals surface area (Å²) in [4.78, 5) is 10.1. The van der Waals surface area contributed by atoms with E-state index in [1.54, 1.807) is 0 Å². The Bertz CT molecular complexity index is 323. The lowest BCUT2D eigenvalue weighted by molar-refractivity contribution is -0.141. The van der Waals surface area contributed by atoms with Gasteiger partial charge in [-0.2, -0.15) is 0 Å². The van der Waals surface area contributed by atoms with Crippen molar-refractivity contribution in [2.45, 2.75) is 47.5 Å². The Hall–Kier alpha value is -1.31. The summed E-state index contributed by atoms with van der Waals surface area (Å²) in [5, 5.41) is 0. The molecule has 2 nitrogen and oxygen atoms in total. The average molecular weight is 236 g/mol. The number of hydrogen-bond acceptors (Lipinski definition) is 2. The van der Waals surface area contributed by atoms with Crippen LogP contribution in [0.3, 0.4) is 0 Å². The Balaban J connectivity index is 0.000000304. The van der Waals surface area contributed by atoms with Gasteiger partial charge in [0.25, 0.3) is 0 Å². The molecule has 0 saturated carbocycles. The maximum atomic E-state index is 10.1. The molecule has 17 heavy (non-hydrogen) atoms. The number of unbranched alkanes of at least 4 members (excludes halogenated alkanes) is 1. The third kappa shape index (κ3) is 7.56. The fraction of sp³-hybridized carbons (Fsp3) is 0.533. The third-order valence-electron chi connectivity index (χ3n) is 2.68. The smallest absolute Gasteiger partial charge is 0.302 e. The number of carbonyl (C=O) groups excluding carboxylic acids is 1. The Labute approximate surface area is 105 Å². The zero-order chi connectivity index (χ0) is 13.3. The highest BCUT2D eigenvalue weighted by molar-refractivity contribution is 5.65. The molecule has 0 aromatic heterocycles. The first-order chi connectivity index (χ1) is 7.99. The van der Waals surface area contributed by atoms with Gasteiger partial charge in [0.15, 0.2) is 0 Å². The van der Waals surface area contributed by atoms with Gasteiger partial charge in [-0.3, -0.25) is 4.79 Å². The van der Waals surface area contributed by atoms with Gasteiger partial charge in [0.1, 0.15) is 0 Å². The van der Waals surface area contributed by atoms with Crippen LogP contribution in [-0.2, 0) is 9.53 Å². The van der Waals surface area contributed by atoms with Crippen molar-refractivity contribution in [1.82, 2.24) is 0 Å². The van der Waals surface area contributed by atoms with Gasteiger partial charge in [-0.1, -0.05) is 31.5 Å². The van der Waals surface area contributed by atoms with E-state index < -0.39 is 0 Å². The zero-order valence-electron chi connectivity index (χ0n) is 11.7. The summed E-state index contributed by atoms with van der Waals surface area (Å²) in [6.45, 7) is 10.5. The molecule has 0 aliphatic heterocycles. The first-order valence-electron chi connectivity index (χ1n) is 6.15. The summed E-state index contributed by atoms with van der Waals surface area (Å²) < 4.78 is 4.64. The second kappa shape index (κ2) is 8.80. The van der Waals surface area contributed by atoms with Crippen LogP contribution in [-0.4, -0.2) is 12.6 Å². The number of rotatable bonds is 3. The normalized spacial score (nSPS) is 9.24. The quantitative estimate of drug-likeness (QED) is 0.586. The largest absolute Gasteiger partial charge is 0.466 e. The summed E-state index contributed by atoms with van der Waals surface area (Å²) in [6, 6.07) is 6.38. The number of benzene rings is 1. The van der Waals surface area contributed by atoms with E-state index in [4.69, 9.17) is 0 Å². The van der Waals surface area contributed by atoms with Crippen LogP contribution in [0.2, 0.25) is 0 Å². The van der Waals surface area contributed by atoms with Crippen LogP contribution in [0.1, 0.15) is 43.4 Å². The molecule has 0 unspecified atom stereocenters. The van der Waals surface area contributed by atoms with E-state index in [1.165, 1.54) is 23.6 Å². The highest BCUT2D eigenvalue weighted by atomic mass is 16.5. The van der Waals surface area contributed by atoms with Gasteiger partial charge in [-0.25, -0.2) is 0 Å². The molecule has 2 heteroatoms. The molecule has 0 atom stereocenters. The number of aryl methyl sites for hydroxylation is 2. The van der Waals surface area contributed by atoms with Crippen molar-refractivity contribution in [3.63, 3.8) is 0 Å². The molecule has 0 spiro atoms. The second-order valence-corrected chi connectivity index (χ2v) is 4.21. The van der Waals surface area contributed by atoms with Crippen LogP contribution in [0.15, 0.2) is 18.2 Å². The SMILES string of the molecule is CCCCOC(C)=O.Cc1cccc(C)c1C. The monoisotopic (exact) mass is 236 g/mol. The Morgan fingerprint density at radius 3 is 2.06 bits per heavy atom. The van der Waals surface area contributed by atoms with Crippen LogP contribution in [0.25, 0.3) is 0 Å². The zero-order valence-corrected chi connectivity index (χ0v) is 11.7. The Kier molecular flexibility index (Phi) is 8.12. The minimum atomic E-state index is -0.182. The van der Waals surface area contributed by atoms with Crippen LogP contribution in [0.5, 0.6) is 0 Å². The van der Waals surface area contributed by atoms with Gasteiger partial charge in [-0.15, -0.1) is 0 Å².